The summed E-state index contributed by atoms with van der Waals surface area (Å²) in [4.78, 5) is 59.1. The van der Waals surface area contributed by atoms with E-state index in [9.17, 15) is 95.8 Å². The fourth-order valence-electron chi connectivity index (χ4n) is 21.1. The second kappa shape index (κ2) is 52.5. The van der Waals surface area contributed by atoms with Crippen LogP contribution in [0, 0.1) is 92.3 Å². The number of benzene rings is 7. The molecule has 8 aromatic rings. The van der Waals surface area contributed by atoms with Crippen molar-refractivity contribution in [1.82, 2.24) is 9.97 Å². The maximum atomic E-state index is 14.9. The number of nitrogens with zero attached hydrogens (tertiary/aromatic N) is 7. The van der Waals surface area contributed by atoms with Gasteiger partial charge in [0.15, 0.2) is 11.7 Å². The van der Waals surface area contributed by atoms with Crippen molar-refractivity contribution in [3.05, 3.63) is 271 Å². The third-order valence-corrected chi connectivity index (χ3v) is 29.1. The molecule has 816 valence electrons. The van der Waals surface area contributed by atoms with E-state index in [1.54, 1.807) is 67.6 Å². The summed E-state index contributed by atoms with van der Waals surface area (Å²) in [6.45, 7) is -2.21. The Hall–Kier alpha value is -11.8. The van der Waals surface area contributed by atoms with E-state index in [1.165, 1.54) is 78.9 Å². The smallest absolute Gasteiger partial charge is 0.283 e. The Kier molecular flexibility index (Phi) is 40.9. The van der Waals surface area contributed by atoms with Gasteiger partial charge in [-0.15, -0.1) is 12.4 Å². The van der Waals surface area contributed by atoms with Crippen LogP contribution < -0.4 is 39.1 Å². The van der Waals surface area contributed by atoms with E-state index in [2.05, 4.69) is 34.7 Å². The van der Waals surface area contributed by atoms with Gasteiger partial charge in [0.1, 0.15) is 145 Å². The first-order valence-corrected chi connectivity index (χ1v) is 48.5. The number of rotatable bonds is 23. The predicted molar refractivity (Wildman–Crippen MR) is 522 cm³/mol. The van der Waals surface area contributed by atoms with Gasteiger partial charge in [-0.05, 0) is 73.4 Å². The number of Topliss-reactive ketones (excluding diaryl/α,β-unsaturated/α-hetero) is 2. The van der Waals surface area contributed by atoms with E-state index in [0.717, 1.165) is 43.4 Å². The topological polar surface area (TPSA) is 451 Å². The van der Waals surface area contributed by atoms with Crippen molar-refractivity contribution in [2.45, 2.75) is 153 Å². The first kappa shape index (κ1) is 117. The summed E-state index contributed by atoms with van der Waals surface area (Å²) < 4.78 is 267. The highest BCUT2D eigenvalue weighted by Crippen LogP contribution is 2.51. The lowest BCUT2D eigenvalue weighted by Crippen LogP contribution is -2.55. The molecule has 1 aliphatic carbocycles. The molecule has 11 aliphatic rings. The molecule has 1 saturated carbocycles. The Labute approximate surface area is 860 Å². The molecule has 6 saturated heterocycles. The molecule has 0 unspecified atom stereocenters. The van der Waals surface area contributed by atoms with Crippen LogP contribution in [0.4, 0.5) is 71.5 Å². The van der Waals surface area contributed by atoms with E-state index in [0.29, 0.717) is 103 Å². The van der Waals surface area contributed by atoms with Crippen molar-refractivity contribution in [2.24, 2.45) is 95.8 Å². The van der Waals surface area contributed by atoms with Crippen LogP contribution in [0.5, 0.6) is 5.88 Å². The fourth-order valence-corrected chi connectivity index (χ4v) is 21.1. The summed E-state index contributed by atoms with van der Waals surface area (Å²) in [5.74, 6) is -8.08. The van der Waals surface area contributed by atoms with Crippen LogP contribution in [0.25, 0.3) is 0 Å². The lowest BCUT2D eigenvalue weighted by Gasteiger charge is -2.45. The summed E-state index contributed by atoms with van der Waals surface area (Å²) in [6.07, 6.45) is 5.15. The number of hydrogen-bond donors (Lipinski definition) is 8. The Morgan fingerprint density at radius 1 is 0.440 bits per heavy atom. The fraction of sp³-hybridized carbons (Fsp3) is 0.500. The Balaban J connectivity index is 0.000000157. The van der Waals surface area contributed by atoms with Crippen LogP contribution in [-0.4, -0.2) is 230 Å². The van der Waals surface area contributed by atoms with E-state index < -0.39 is 198 Å². The number of nitrogens with two attached hydrogens (primary N) is 6. The van der Waals surface area contributed by atoms with Gasteiger partial charge >= 0.3 is 0 Å². The Bertz CT molecular complexity index is 5830. The molecule has 0 radical (unpaired) electrons. The summed E-state index contributed by atoms with van der Waals surface area (Å²) in [7, 11) is 0. The standard InChI is InChI=1S/C21H21F3N4O4.C15H17F2NO2.C14H15F2N3O4.C14H16F2N2O2.C14H19F2NO.C13H17F2NO2.C13H15F2NO2.ClH/c22-10-21(14-9-30-4-3-18(14)32-20(25)28-21)13-5-12(1-2-15(13)24)6-17(29)16-7-27-19(8-26-16)31-11-23;1-10-18-15(9-16,11-4-2-3-5-13(11)17)12-8-19-7-6-14(12)20-10;15-7-14(9-5-8(19(20)21)1-2-11(9)16)10-6-22-4-3-12(10)23-13(17)18-14;15-8-14(9-3-1-2-4-11(9)16)10-7-19-6-5-12(10)20-13(17)18-14;15-9-14(17,10-5-1-3-7-12(10)16)11-6-2-4-8-13(11)18;2*14-8-13(16,9-3-1-2-4-11(9)15)10-7-18-6-5-12(10)17;/h1-2,5,7-8,14,18H,3-4,6,9-11H2,(H2,25,28);2-5,12,14H,6-9H2,1H3;1-2,5,10,12H,3-4,6-7H2,(H2,17,18);1-4,10,12H,5-8H2,(H2,17,18);1,3,5,7,11,13,18H,2,4,6,8-9,17H2;1-4,10,12,17H,5-8,16H2;1-4,10H,5-8,16H2;1H/t14-,18-,21-;12-,14-,15-;2*10-,12-,14-;11-,13+,14+;10-,12-,13-;10-,13-;/m1111011./s1. The second-order valence-corrected chi connectivity index (χ2v) is 37.8. The third-order valence-electron chi connectivity index (χ3n) is 29.1. The quantitative estimate of drug-likeness (QED) is 0.0128. The van der Waals surface area contributed by atoms with Gasteiger partial charge in [0.2, 0.25) is 12.7 Å². The number of carbonyl (C=O) groups is 2. The molecule has 30 nitrogen and oxygen atoms in total. The number of ketones is 2. The highest BCUT2D eigenvalue weighted by Gasteiger charge is 2.58. The largest absolute Gasteiger partial charge is 0.477 e. The number of nitro groups is 1. The molecular formula is C104H121ClF15N13O17. The van der Waals surface area contributed by atoms with Crippen LogP contribution >= 0.6 is 12.4 Å². The predicted octanol–water partition coefficient (Wildman–Crippen LogP) is 14.3. The van der Waals surface area contributed by atoms with Crippen LogP contribution in [0.2, 0.25) is 0 Å². The van der Waals surface area contributed by atoms with Gasteiger partial charge in [-0.2, -0.15) is 0 Å². The first-order valence-electron chi connectivity index (χ1n) is 48.5. The number of non-ortho nitro benzene ring substituents is 1. The lowest BCUT2D eigenvalue weighted by molar-refractivity contribution is -0.385. The normalized spacial score (nSPS) is 28.2. The van der Waals surface area contributed by atoms with Gasteiger partial charge in [0.05, 0.1) is 148 Å². The monoisotopic (exact) mass is 2140 g/mol. The van der Waals surface area contributed by atoms with Gasteiger partial charge < -0.3 is 96.7 Å². The average Bonchev–Trinajstić information content (AvgIpc) is 0.765. The number of ether oxygens (including phenoxy) is 11. The molecule has 10 aliphatic heterocycles. The Morgan fingerprint density at radius 2 is 0.820 bits per heavy atom. The van der Waals surface area contributed by atoms with Crippen molar-refractivity contribution < 1.29 is 143 Å². The van der Waals surface area contributed by atoms with Crippen molar-refractivity contribution in [2.75, 3.05) is 133 Å². The SMILES string of the molecule is CC1=N[C@](CF)(c2ccccc2F)[C@@H]2COCC[C@H]2O1.Cl.NC1=N[C@](CF)(c2cc(CC(=O)c3cnc(OCF)cn3)ccc2F)[C@@H]2COCC[C@H]2O1.NC1=N[C@](CF)(c2cc([N+](=O)[O-])ccc2F)[C@@H]2COCC[C@H]2O1.NC1=N[C@](CF)(c2ccccc2F)[C@@H]2COCC[C@H]2O1.N[C@](CF)(c1ccccc1F)[C@@H]1COCCC1=O.N[C@](CF)(c1ccccc1F)[C@@H]1COCC[C@H]1O.N[C@](CF)(c1ccccc1F)[C@H]1CCCC[C@H]1O. The minimum atomic E-state index is -1.69. The molecule has 11 heterocycles. The number of hydrogen-bond acceptors (Lipinski definition) is 29. The minimum absolute atomic E-state index is 0. The molecular weight excluding hydrogens is 2020 g/mol. The van der Waals surface area contributed by atoms with Crippen molar-refractivity contribution in [1.29, 1.82) is 0 Å². The number of aliphatic hydroxyl groups excluding tert-OH is 2. The summed E-state index contributed by atoms with van der Waals surface area (Å²) in [5.41, 5.74) is 25.3. The number of nitro benzene ring substituents is 1. The molecule has 7 fully saturated rings. The van der Waals surface area contributed by atoms with E-state index in [-0.39, 0.29) is 162 Å². The van der Waals surface area contributed by atoms with Gasteiger partial charge in [0.25, 0.3) is 23.8 Å². The van der Waals surface area contributed by atoms with Gasteiger partial charge in [0, 0.05) is 115 Å². The lowest BCUT2D eigenvalue weighted by atomic mass is 9.70. The zero-order chi connectivity index (χ0) is 107. The van der Waals surface area contributed by atoms with Crippen LogP contribution in [-0.2, 0) is 97.4 Å². The summed E-state index contributed by atoms with van der Waals surface area (Å²) in [5, 5.41) is 30.9. The first-order chi connectivity index (χ1) is 71.6. The molecule has 46 heteroatoms. The minimum Gasteiger partial charge on any atom is -0.477 e. The number of aliphatic hydroxyl groups is 2. The molecule has 14 N–H and O–H groups in total. The number of alkyl halides is 8. The summed E-state index contributed by atoms with van der Waals surface area (Å²) in [6, 6.07) is 36.2. The molecule has 150 heavy (non-hydrogen) atoms. The number of aromatic nitrogens is 2. The van der Waals surface area contributed by atoms with Gasteiger partial charge in [-0.3, -0.25) is 19.7 Å². The van der Waals surface area contributed by atoms with Crippen LogP contribution in [0.3, 0.4) is 0 Å². The molecule has 20 atom stereocenters. The third kappa shape index (κ3) is 25.6. The molecule has 7 aromatic carbocycles. The second-order valence-electron chi connectivity index (χ2n) is 37.8. The highest BCUT2D eigenvalue weighted by atomic mass is 35.5. The van der Waals surface area contributed by atoms with E-state index in [4.69, 9.17) is 81.8 Å². The van der Waals surface area contributed by atoms with Crippen molar-refractivity contribution >= 4 is 53.6 Å². The molecule has 19 rings (SSSR count). The van der Waals surface area contributed by atoms with Gasteiger partial charge in [-0.1, -0.05) is 110 Å². The van der Waals surface area contributed by atoms with Gasteiger partial charge in [-0.25, -0.2) is 95.8 Å². The molecule has 0 spiro atoms. The maximum Gasteiger partial charge on any atom is 0.283 e. The van der Waals surface area contributed by atoms with Crippen LogP contribution in [0.15, 0.2) is 190 Å². The molecule has 0 bridgehead atoms. The van der Waals surface area contributed by atoms with E-state index in [1.807, 2.05) is 0 Å². The highest BCUT2D eigenvalue weighted by molar-refractivity contribution is 5.95. The van der Waals surface area contributed by atoms with Crippen molar-refractivity contribution in [3.63, 3.8) is 0 Å². The maximum absolute atomic E-state index is 14.9. The molecule has 0 amide bonds. The summed E-state index contributed by atoms with van der Waals surface area (Å²) >= 11 is 0. The number of aliphatic imine (C=N–C) groups is 4. The van der Waals surface area contributed by atoms with E-state index >= 15 is 0 Å². The number of halogens is 16. The van der Waals surface area contributed by atoms with Crippen molar-refractivity contribution in [3.8, 4) is 5.88 Å². The Morgan fingerprint density at radius 3 is 1.23 bits per heavy atom. The number of carbonyl (C=O) groups excluding carboxylic acids is 2. The number of fused-ring (bicyclic) bond motifs is 4. The average molecular weight is 2150 g/mol. The molecule has 1 aromatic heterocycles. The van der Waals surface area contributed by atoms with Crippen LogP contribution in [0.1, 0.15) is 126 Å². The zero-order valence-electron chi connectivity index (χ0n) is 81.8. The number of amidine groups is 3. The zero-order valence-corrected chi connectivity index (χ0v) is 82.6.